The summed E-state index contributed by atoms with van der Waals surface area (Å²) in [6, 6.07) is 4.19. The predicted molar refractivity (Wildman–Crippen MR) is 102 cm³/mol. The maximum absolute atomic E-state index is 12.3. The van der Waals surface area contributed by atoms with Gasteiger partial charge in [-0.1, -0.05) is 6.92 Å². The highest BCUT2D eigenvalue weighted by molar-refractivity contribution is 5.92. The molecule has 0 saturated carbocycles. The number of hydrogen-bond donors (Lipinski definition) is 2. The molecule has 0 aromatic carbocycles. The minimum absolute atomic E-state index is 0.0863. The van der Waals surface area contributed by atoms with E-state index < -0.39 is 0 Å². The van der Waals surface area contributed by atoms with E-state index >= 15 is 0 Å². The number of aromatic nitrogens is 1. The summed E-state index contributed by atoms with van der Waals surface area (Å²) in [7, 11) is 0. The molecule has 2 saturated heterocycles. The quantitative estimate of drug-likeness (QED) is 0.784. The normalized spacial score (nSPS) is 21.9. The van der Waals surface area contributed by atoms with Crippen LogP contribution in [-0.4, -0.2) is 65.4 Å². The van der Waals surface area contributed by atoms with Gasteiger partial charge >= 0.3 is 0 Å². The van der Waals surface area contributed by atoms with Crippen LogP contribution in [0.15, 0.2) is 18.3 Å². The Labute approximate surface area is 156 Å². The number of likely N-dealkylation sites (N-methyl/N-ethyl adjacent to an activating group) is 1. The van der Waals surface area contributed by atoms with Crippen LogP contribution < -0.4 is 5.32 Å². The van der Waals surface area contributed by atoms with Crippen LogP contribution in [0.2, 0.25) is 0 Å². The highest BCUT2D eigenvalue weighted by Crippen LogP contribution is 2.23. The number of rotatable bonds is 7. The van der Waals surface area contributed by atoms with Crippen LogP contribution >= 0.6 is 0 Å². The Morgan fingerprint density at radius 1 is 1.23 bits per heavy atom. The van der Waals surface area contributed by atoms with Crippen LogP contribution in [0.4, 0.5) is 0 Å². The summed E-state index contributed by atoms with van der Waals surface area (Å²) < 4.78 is 0. The Hall–Kier alpha value is -1.82. The van der Waals surface area contributed by atoms with Gasteiger partial charge < -0.3 is 15.2 Å². The molecule has 2 fully saturated rings. The van der Waals surface area contributed by atoms with E-state index in [1.165, 1.54) is 12.8 Å². The molecule has 2 aliphatic heterocycles. The number of hydrogen-bond acceptors (Lipinski definition) is 3. The first-order valence-corrected chi connectivity index (χ1v) is 10.1. The molecule has 2 aliphatic rings. The van der Waals surface area contributed by atoms with Crippen molar-refractivity contribution >= 4 is 11.8 Å². The topological polar surface area (TPSA) is 68.4 Å². The summed E-state index contributed by atoms with van der Waals surface area (Å²) in [6.07, 6.45) is 7.74. The minimum Gasteiger partial charge on any atom is -0.357 e. The fourth-order valence-electron chi connectivity index (χ4n) is 4.26. The minimum atomic E-state index is 0.0863. The van der Waals surface area contributed by atoms with Crippen molar-refractivity contribution in [2.24, 2.45) is 5.92 Å². The second kappa shape index (κ2) is 9.21. The van der Waals surface area contributed by atoms with Crippen LogP contribution in [0.5, 0.6) is 0 Å². The van der Waals surface area contributed by atoms with Gasteiger partial charge in [-0.2, -0.15) is 0 Å². The largest absolute Gasteiger partial charge is 0.357 e. The lowest BCUT2D eigenvalue weighted by Gasteiger charge is -2.31. The van der Waals surface area contributed by atoms with Gasteiger partial charge in [-0.15, -0.1) is 0 Å². The second-order valence-corrected chi connectivity index (χ2v) is 7.59. The lowest BCUT2D eigenvalue weighted by molar-refractivity contribution is -0.121. The number of piperidine rings is 1. The molecule has 3 rings (SSSR count). The van der Waals surface area contributed by atoms with Gasteiger partial charge in [0, 0.05) is 38.3 Å². The third kappa shape index (κ3) is 4.87. The van der Waals surface area contributed by atoms with E-state index in [9.17, 15) is 9.59 Å². The molecule has 0 bridgehead atoms. The first-order valence-electron chi connectivity index (χ1n) is 10.1. The molecule has 144 valence electrons. The molecule has 26 heavy (non-hydrogen) atoms. The van der Waals surface area contributed by atoms with Crippen molar-refractivity contribution in [3.05, 3.63) is 24.0 Å². The Balaban J connectivity index is 1.32. The van der Waals surface area contributed by atoms with Crippen molar-refractivity contribution in [3.8, 4) is 0 Å². The predicted octanol–water partition coefficient (Wildman–Crippen LogP) is 2.25. The summed E-state index contributed by atoms with van der Waals surface area (Å²) in [6.45, 7) is 6.79. The standard InChI is InChI=1S/C20H32N4O2/c1-2-23-12-4-5-17(23)15-22-19(25)8-7-16-9-13-24(14-10-16)20(26)18-6-3-11-21-18/h3,6,11,16-17,21H,2,4-5,7-10,12-15H2,1H3,(H,22,25)/t17-/m1/s1. The smallest absolute Gasteiger partial charge is 0.270 e. The van der Waals surface area contributed by atoms with E-state index in [1.807, 2.05) is 17.0 Å². The van der Waals surface area contributed by atoms with Crippen LogP contribution in [0.1, 0.15) is 55.9 Å². The third-order valence-corrected chi connectivity index (χ3v) is 5.95. The van der Waals surface area contributed by atoms with Crippen molar-refractivity contribution in [3.63, 3.8) is 0 Å². The van der Waals surface area contributed by atoms with E-state index in [0.29, 0.717) is 24.1 Å². The SMILES string of the molecule is CCN1CCC[C@@H]1CNC(=O)CCC1CCN(C(=O)c2ccc[nH]2)CC1. The van der Waals surface area contributed by atoms with E-state index in [4.69, 9.17) is 0 Å². The van der Waals surface area contributed by atoms with Crippen LogP contribution in [0.3, 0.4) is 0 Å². The monoisotopic (exact) mass is 360 g/mol. The number of H-pyrrole nitrogens is 1. The summed E-state index contributed by atoms with van der Waals surface area (Å²) in [5.41, 5.74) is 0.663. The number of nitrogens with one attached hydrogen (secondary N) is 2. The highest BCUT2D eigenvalue weighted by atomic mass is 16.2. The zero-order chi connectivity index (χ0) is 18.4. The summed E-state index contributed by atoms with van der Waals surface area (Å²) >= 11 is 0. The summed E-state index contributed by atoms with van der Waals surface area (Å²) in [4.78, 5) is 31.8. The molecule has 3 heterocycles. The number of amides is 2. The van der Waals surface area contributed by atoms with E-state index in [1.54, 1.807) is 6.20 Å². The van der Waals surface area contributed by atoms with Gasteiger partial charge in [0.15, 0.2) is 0 Å². The molecule has 2 amide bonds. The Morgan fingerprint density at radius 2 is 2.04 bits per heavy atom. The third-order valence-electron chi connectivity index (χ3n) is 5.95. The molecule has 1 aromatic heterocycles. The Bertz CT molecular complexity index is 579. The second-order valence-electron chi connectivity index (χ2n) is 7.59. The highest BCUT2D eigenvalue weighted by Gasteiger charge is 2.25. The molecule has 0 spiro atoms. The summed E-state index contributed by atoms with van der Waals surface area (Å²) in [5.74, 6) is 0.813. The van der Waals surface area contributed by atoms with Gasteiger partial charge in [0.05, 0.1) is 0 Å². The molecule has 0 aliphatic carbocycles. The zero-order valence-electron chi connectivity index (χ0n) is 15.9. The maximum Gasteiger partial charge on any atom is 0.270 e. The first kappa shape index (κ1) is 19.0. The van der Waals surface area contributed by atoms with Crippen molar-refractivity contribution in [1.82, 2.24) is 20.1 Å². The van der Waals surface area contributed by atoms with Crippen molar-refractivity contribution < 1.29 is 9.59 Å². The van der Waals surface area contributed by atoms with Crippen LogP contribution in [-0.2, 0) is 4.79 Å². The molecule has 1 atom stereocenters. The molecular formula is C20H32N4O2. The van der Waals surface area contributed by atoms with Gasteiger partial charge in [-0.25, -0.2) is 0 Å². The molecule has 6 nitrogen and oxygen atoms in total. The van der Waals surface area contributed by atoms with Gasteiger partial charge in [-0.3, -0.25) is 14.5 Å². The molecule has 1 aromatic rings. The lowest BCUT2D eigenvalue weighted by atomic mass is 9.92. The van der Waals surface area contributed by atoms with Crippen LogP contribution in [0, 0.1) is 5.92 Å². The molecule has 0 radical (unpaired) electrons. The molecule has 2 N–H and O–H groups in total. The fraction of sp³-hybridized carbons (Fsp3) is 0.700. The molecular weight excluding hydrogens is 328 g/mol. The van der Waals surface area contributed by atoms with E-state index in [0.717, 1.165) is 52.0 Å². The summed E-state index contributed by atoms with van der Waals surface area (Å²) in [5, 5.41) is 3.12. The average Bonchev–Trinajstić information content (AvgIpc) is 3.36. The van der Waals surface area contributed by atoms with Gasteiger partial charge in [0.2, 0.25) is 5.91 Å². The Morgan fingerprint density at radius 3 is 2.73 bits per heavy atom. The van der Waals surface area contributed by atoms with Gasteiger partial charge in [-0.05, 0) is 63.2 Å². The molecule has 6 heteroatoms. The van der Waals surface area contributed by atoms with Crippen molar-refractivity contribution in [2.75, 3.05) is 32.7 Å². The maximum atomic E-state index is 12.3. The fourth-order valence-corrected chi connectivity index (χ4v) is 4.26. The van der Waals surface area contributed by atoms with Gasteiger partial charge in [0.1, 0.15) is 5.69 Å². The number of carbonyl (C=O) groups excluding carboxylic acids is 2. The number of likely N-dealkylation sites (tertiary alicyclic amines) is 2. The number of carbonyl (C=O) groups is 2. The zero-order valence-corrected chi connectivity index (χ0v) is 15.9. The molecule has 0 unspecified atom stereocenters. The van der Waals surface area contributed by atoms with E-state index in [-0.39, 0.29) is 11.8 Å². The van der Waals surface area contributed by atoms with Crippen molar-refractivity contribution in [1.29, 1.82) is 0 Å². The van der Waals surface area contributed by atoms with E-state index in [2.05, 4.69) is 22.1 Å². The van der Waals surface area contributed by atoms with Gasteiger partial charge in [0.25, 0.3) is 5.91 Å². The first-order chi connectivity index (χ1) is 12.7. The average molecular weight is 361 g/mol. The number of nitrogens with zero attached hydrogens (tertiary/aromatic N) is 2. The Kier molecular flexibility index (Phi) is 6.72. The van der Waals surface area contributed by atoms with Crippen LogP contribution in [0.25, 0.3) is 0 Å². The van der Waals surface area contributed by atoms with Crippen molar-refractivity contribution in [2.45, 2.75) is 51.5 Å². The lowest BCUT2D eigenvalue weighted by Crippen LogP contribution is -2.40. The number of aromatic amines is 1.